The molecule has 0 saturated carbocycles. The Labute approximate surface area is 127 Å². The maximum Gasteiger partial charge on any atom is 0.307 e. The number of nitrogens with zero attached hydrogens (tertiary/aromatic N) is 1. The first kappa shape index (κ1) is 15.1. The molecule has 0 radical (unpaired) electrons. The van der Waals surface area contributed by atoms with E-state index in [-0.39, 0.29) is 6.42 Å². The van der Waals surface area contributed by atoms with Gasteiger partial charge in [-0.3, -0.25) is 9.78 Å². The average Bonchev–Trinajstić information content (AvgIpc) is 2.45. The molecule has 6 heteroatoms. The van der Waals surface area contributed by atoms with Crippen molar-refractivity contribution >= 4 is 17.6 Å². The van der Waals surface area contributed by atoms with Crippen LogP contribution in [0.5, 0.6) is 11.5 Å². The fraction of sp³-hybridized carbons (Fsp3) is 0.200. The molecular weight excluding hydrogens is 294 g/mol. The molecule has 0 atom stereocenters. The van der Waals surface area contributed by atoms with Crippen LogP contribution in [0, 0.1) is 0 Å². The number of carboxylic acids is 1. The highest BCUT2D eigenvalue weighted by Crippen LogP contribution is 2.15. The fourth-order valence-corrected chi connectivity index (χ4v) is 1.83. The lowest BCUT2D eigenvalue weighted by molar-refractivity contribution is -0.136. The number of aliphatic carboxylic acids is 1. The predicted molar refractivity (Wildman–Crippen MR) is 78.0 cm³/mol. The van der Waals surface area contributed by atoms with E-state index in [1.165, 1.54) is 6.20 Å². The Bertz CT molecular complexity index is 601. The van der Waals surface area contributed by atoms with Gasteiger partial charge in [0.2, 0.25) is 0 Å². The van der Waals surface area contributed by atoms with E-state index in [2.05, 4.69) is 4.98 Å². The molecule has 0 aliphatic rings. The van der Waals surface area contributed by atoms with Gasteiger partial charge in [-0.05, 0) is 17.7 Å². The zero-order valence-electron chi connectivity index (χ0n) is 11.2. The lowest BCUT2D eigenvalue weighted by Crippen LogP contribution is -2.09. The third kappa shape index (κ3) is 5.31. The van der Waals surface area contributed by atoms with Crippen LogP contribution in [-0.2, 0) is 11.2 Å². The first-order valence-corrected chi connectivity index (χ1v) is 6.68. The average molecular weight is 308 g/mol. The van der Waals surface area contributed by atoms with E-state index in [0.717, 1.165) is 5.56 Å². The topological polar surface area (TPSA) is 68.7 Å². The van der Waals surface area contributed by atoms with Crippen LogP contribution < -0.4 is 9.47 Å². The van der Waals surface area contributed by atoms with E-state index in [1.807, 2.05) is 0 Å². The highest BCUT2D eigenvalue weighted by Gasteiger charge is 2.01. The normalized spacial score (nSPS) is 10.1. The van der Waals surface area contributed by atoms with Gasteiger partial charge in [-0.1, -0.05) is 23.7 Å². The highest BCUT2D eigenvalue weighted by atomic mass is 35.5. The Kier molecular flexibility index (Phi) is 5.40. The van der Waals surface area contributed by atoms with Crippen LogP contribution in [0.25, 0.3) is 0 Å². The van der Waals surface area contributed by atoms with Gasteiger partial charge in [0.15, 0.2) is 0 Å². The van der Waals surface area contributed by atoms with Crippen LogP contribution in [0.3, 0.4) is 0 Å². The summed E-state index contributed by atoms with van der Waals surface area (Å²) in [6, 6.07) is 8.60. The first-order chi connectivity index (χ1) is 10.1. The summed E-state index contributed by atoms with van der Waals surface area (Å²) >= 11 is 5.79. The number of hydrogen-bond donors (Lipinski definition) is 1. The maximum atomic E-state index is 10.6. The molecule has 1 heterocycles. The van der Waals surface area contributed by atoms with Crippen molar-refractivity contribution in [2.45, 2.75) is 6.42 Å². The van der Waals surface area contributed by atoms with Crippen LogP contribution in [0.1, 0.15) is 5.56 Å². The first-order valence-electron chi connectivity index (χ1n) is 6.30. The molecule has 5 nitrogen and oxygen atoms in total. The molecule has 1 N–H and O–H groups in total. The van der Waals surface area contributed by atoms with Crippen molar-refractivity contribution in [3.8, 4) is 11.5 Å². The molecule has 2 aromatic rings. The zero-order chi connectivity index (χ0) is 15.1. The largest absolute Gasteiger partial charge is 0.490 e. The van der Waals surface area contributed by atoms with Crippen molar-refractivity contribution in [1.29, 1.82) is 0 Å². The van der Waals surface area contributed by atoms with Crippen molar-refractivity contribution in [3.05, 3.63) is 53.3 Å². The number of ether oxygens (including phenoxy) is 2. The zero-order valence-corrected chi connectivity index (χ0v) is 11.9. The minimum Gasteiger partial charge on any atom is -0.490 e. The molecule has 0 amide bonds. The van der Waals surface area contributed by atoms with Crippen LogP contribution in [-0.4, -0.2) is 29.3 Å². The number of rotatable bonds is 7. The predicted octanol–water partition coefficient (Wildman–Crippen LogP) is 2.82. The van der Waals surface area contributed by atoms with Gasteiger partial charge in [-0.2, -0.15) is 0 Å². The molecule has 0 unspecified atom stereocenters. The molecule has 21 heavy (non-hydrogen) atoms. The lowest BCUT2D eigenvalue weighted by Gasteiger charge is -2.08. The number of aromatic nitrogens is 1. The molecule has 1 aromatic carbocycles. The Hall–Kier alpha value is -2.27. The van der Waals surface area contributed by atoms with E-state index in [9.17, 15) is 4.79 Å². The highest BCUT2D eigenvalue weighted by molar-refractivity contribution is 6.30. The summed E-state index contributed by atoms with van der Waals surface area (Å²) in [6.07, 6.45) is 3.11. The van der Waals surface area contributed by atoms with Crippen molar-refractivity contribution in [2.75, 3.05) is 13.2 Å². The lowest BCUT2D eigenvalue weighted by atomic mass is 10.1. The monoisotopic (exact) mass is 307 g/mol. The molecular formula is C15H14ClNO4. The minimum absolute atomic E-state index is 0.00512. The SMILES string of the molecule is O=C(O)Cc1ccc(OCCOc2cncc(Cl)c2)cc1. The van der Waals surface area contributed by atoms with Crippen LogP contribution in [0.4, 0.5) is 0 Å². The van der Waals surface area contributed by atoms with E-state index >= 15 is 0 Å². The van der Waals surface area contributed by atoms with Gasteiger partial charge in [-0.15, -0.1) is 0 Å². The van der Waals surface area contributed by atoms with E-state index in [4.69, 9.17) is 26.2 Å². The second-order valence-corrected chi connectivity index (χ2v) is 4.69. The van der Waals surface area contributed by atoms with Gasteiger partial charge in [0, 0.05) is 12.3 Å². The number of halogens is 1. The molecule has 1 aromatic heterocycles. The molecule has 0 aliphatic carbocycles. The van der Waals surface area contributed by atoms with E-state index in [1.54, 1.807) is 36.5 Å². The van der Waals surface area contributed by atoms with Crippen molar-refractivity contribution < 1.29 is 19.4 Å². The molecule has 0 fully saturated rings. The quantitative estimate of drug-likeness (QED) is 0.797. The van der Waals surface area contributed by atoms with Crippen molar-refractivity contribution in [2.24, 2.45) is 0 Å². The van der Waals surface area contributed by atoms with Crippen LogP contribution in [0.15, 0.2) is 42.7 Å². The third-order valence-corrected chi connectivity index (χ3v) is 2.79. The van der Waals surface area contributed by atoms with Gasteiger partial charge in [0.05, 0.1) is 17.6 Å². The summed E-state index contributed by atoms with van der Waals surface area (Å²) in [4.78, 5) is 14.5. The van der Waals surface area contributed by atoms with E-state index < -0.39 is 5.97 Å². The number of benzene rings is 1. The Morgan fingerprint density at radius 3 is 2.38 bits per heavy atom. The van der Waals surface area contributed by atoms with Gasteiger partial charge in [0.25, 0.3) is 0 Å². The summed E-state index contributed by atoms with van der Waals surface area (Å²) in [6.45, 7) is 0.726. The summed E-state index contributed by atoms with van der Waals surface area (Å²) in [5.74, 6) is 0.395. The smallest absolute Gasteiger partial charge is 0.307 e. The van der Waals surface area contributed by atoms with Crippen LogP contribution in [0.2, 0.25) is 5.02 Å². The van der Waals surface area contributed by atoms with Crippen molar-refractivity contribution in [1.82, 2.24) is 4.98 Å². The molecule has 2 rings (SSSR count). The van der Waals surface area contributed by atoms with Crippen molar-refractivity contribution in [3.63, 3.8) is 0 Å². The third-order valence-electron chi connectivity index (χ3n) is 2.58. The number of pyridine rings is 1. The second kappa shape index (κ2) is 7.50. The summed E-state index contributed by atoms with van der Waals surface area (Å²) in [7, 11) is 0. The van der Waals surface area contributed by atoms with Gasteiger partial charge in [-0.25, -0.2) is 0 Å². The molecule has 0 spiro atoms. The Balaban J connectivity index is 1.74. The van der Waals surface area contributed by atoms with Gasteiger partial charge in [0.1, 0.15) is 24.7 Å². The van der Waals surface area contributed by atoms with E-state index in [0.29, 0.717) is 29.7 Å². The fourth-order valence-electron chi connectivity index (χ4n) is 1.67. The minimum atomic E-state index is -0.854. The Morgan fingerprint density at radius 1 is 1.10 bits per heavy atom. The summed E-state index contributed by atoms with van der Waals surface area (Å²) in [5, 5.41) is 9.19. The second-order valence-electron chi connectivity index (χ2n) is 4.25. The maximum absolute atomic E-state index is 10.6. The standard InChI is InChI=1S/C15H14ClNO4/c16-12-8-14(10-17-9-12)21-6-5-20-13-3-1-11(2-4-13)7-15(18)19/h1-4,8-10H,5-7H2,(H,18,19). The number of carboxylic acid groups (broad SMARTS) is 1. The number of carbonyl (C=O) groups is 1. The molecule has 0 bridgehead atoms. The Morgan fingerprint density at radius 2 is 1.76 bits per heavy atom. The summed E-state index contributed by atoms with van der Waals surface area (Å²) < 4.78 is 10.9. The number of hydrogen-bond acceptors (Lipinski definition) is 4. The molecule has 0 aliphatic heterocycles. The summed E-state index contributed by atoms with van der Waals surface area (Å²) in [5.41, 5.74) is 0.733. The molecule has 0 saturated heterocycles. The van der Waals surface area contributed by atoms with Crippen LogP contribution >= 0.6 is 11.6 Å². The molecule has 110 valence electrons. The van der Waals surface area contributed by atoms with Gasteiger partial charge < -0.3 is 14.6 Å². The van der Waals surface area contributed by atoms with Gasteiger partial charge >= 0.3 is 5.97 Å².